The predicted octanol–water partition coefficient (Wildman–Crippen LogP) is 2.70. The van der Waals surface area contributed by atoms with Gasteiger partial charge in [0.05, 0.1) is 11.5 Å². The van der Waals surface area contributed by atoms with E-state index in [1.54, 1.807) is 17.7 Å². The van der Waals surface area contributed by atoms with E-state index in [4.69, 9.17) is 4.74 Å². The van der Waals surface area contributed by atoms with E-state index in [2.05, 4.69) is 33.2 Å². The molecule has 2 aromatic heterocycles. The van der Waals surface area contributed by atoms with E-state index in [-0.39, 0.29) is 0 Å². The van der Waals surface area contributed by atoms with Crippen LogP contribution in [-0.4, -0.2) is 35.8 Å². The fourth-order valence-corrected chi connectivity index (χ4v) is 3.23. The molecule has 0 radical (unpaired) electrons. The number of fused-ring (bicyclic) bond motifs is 1. The number of thiophene rings is 1. The zero-order valence-corrected chi connectivity index (χ0v) is 11.3. The number of hydrogen-bond donors (Lipinski definition) is 0. The molecule has 4 nitrogen and oxygen atoms in total. The Hall–Kier alpha value is -1.20. The van der Waals surface area contributed by atoms with Gasteiger partial charge in [-0.2, -0.15) is 0 Å². The van der Waals surface area contributed by atoms with Gasteiger partial charge < -0.3 is 9.64 Å². The third-order valence-corrected chi connectivity index (χ3v) is 4.21. The fraction of sp³-hybridized carbons (Fsp3) is 0.538. The van der Waals surface area contributed by atoms with Gasteiger partial charge in [-0.15, -0.1) is 11.3 Å². The minimum Gasteiger partial charge on any atom is -0.378 e. The predicted molar refractivity (Wildman–Crippen MR) is 74.3 cm³/mol. The van der Waals surface area contributed by atoms with Crippen LogP contribution in [0.25, 0.3) is 10.2 Å². The highest BCUT2D eigenvalue weighted by atomic mass is 32.1. The van der Waals surface area contributed by atoms with Gasteiger partial charge in [0.1, 0.15) is 17.0 Å². The number of hydrogen-bond acceptors (Lipinski definition) is 5. The summed E-state index contributed by atoms with van der Waals surface area (Å²) in [4.78, 5) is 12.2. The summed E-state index contributed by atoms with van der Waals surface area (Å²) in [6.07, 6.45) is 4.27. The lowest BCUT2D eigenvalue weighted by molar-refractivity contribution is 0.0459. The van der Waals surface area contributed by atoms with Gasteiger partial charge in [-0.3, -0.25) is 0 Å². The number of anilines is 1. The molecular weight excluding hydrogens is 246 g/mol. The second-order valence-corrected chi connectivity index (χ2v) is 5.37. The van der Waals surface area contributed by atoms with Crippen molar-refractivity contribution in [2.75, 3.05) is 24.6 Å². The minimum atomic E-state index is 0.422. The molecule has 0 saturated carbocycles. The Kier molecular flexibility index (Phi) is 3.43. The summed E-state index contributed by atoms with van der Waals surface area (Å²) in [5, 5.41) is 3.26. The first-order valence-electron chi connectivity index (χ1n) is 6.43. The molecule has 0 bridgehead atoms. The zero-order chi connectivity index (χ0) is 12.4. The van der Waals surface area contributed by atoms with Gasteiger partial charge in [0, 0.05) is 19.7 Å². The first-order chi connectivity index (χ1) is 8.88. The van der Waals surface area contributed by atoms with Crippen molar-refractivity contribution < 1.29 is 4.74 Å². The molecule has 0 N–H and O–H groups in total. The van der Waals surface area contributed by atoms with Gasteiger partial charge >= 0.3 is 0 Å². The zero-order valence-electron chi connectivity index (χ0n) is 10.5. The Bertz CT molecular complexity index is 520. The smallest absolute Gasteiger partial charge is 0.140 e. The number of nitrogens with zero attached hydrogens (tertiary/aromatic N) is 3. The Labute approximate surface area is 111 Å². The average molecular weight is 263 g/mol. The maximum absolute atomic E-state index is 5.68. The van der Waals surface area contributed by atoms with E-state index in [0.717, 1.165) is 43.2 Å². The third kappa shape index (κ3) is 2.20. The first kappa shape index (κ1) is 11.9. The van der Waals surface area contributed by atoms with Crippen LogP contribution in [0, 0.1) is 0 Å². The number of rotatable bonds is 3. The van der Waals surface area contributed by atoms with Gasteiger partial charge in [-0.05, 0) is 31.2 Å². The topological polar surface area (TPSA) is 38.2 Å². The molecule has 0 unspecified atom stereocenters. The molecule has 96 valence electrons. The molecule has 1 fully saturated rings. The second kappa shape index (κ2) is 5.20. The molecule has 2 aromatic rings. The lowest BCUT2D eigenvalue weighted by Gasteiger charge is -2.32. The van der Waals surface area contributed by atoms with Crippen molar-refractivity contribution in [1.29, 1.82) is 0 Å². The van der Waals surface area contributed by atoms with Crippen LogP contribution < -0.4 is 4.90 Å². The Balaban J connectivity index is 1.78. The Morgan fingerprint density at radius 2 is 2.22 bits per heavy atom. The maximum atomic E-state index is 5.68. The monoisotopic (exact) mass is 263 g/mol. The standard InChI is InChI=1S/C13H17N3OS/c1-2-17-10-3-6-16(7-4-10)12-11-5-8-18-13(11)15-9-14-12/h5,8-10H,2-4,6-7H2,1H3. The van der Waals surface area contributed by atoms with Crippen LogP contribution in [0.5, 0.6) is 0 Å². The molecule has 1 aliphatic heterocycles. The molecule has 18 heavy (non-hydrogen) atoms. The molecular formula is C13H17N3OS. The van der Waals surface area contributed by atoms with Gasteiger partial charge in [-0.1, -0.05) is 0 Å². The van der Waals surface area contributed by atoms with E-state index in [0.29, 0.717) is 6.10 Å². The summed E-state index contributed by atoms with van der Waals surface area (Å²) in [5.41, 5.74) is 0. The molecule has 1 aliphatic rings. The highest BCUT2D eigenvalue weighted by Gasteiger charge is 2.21. The minimum absolute atomic E-state index is 0.422. The third-order valence-electron chi connectivity index (χ3n) is 3.38. The van der Waals surface area contributed by atoms with Gasteiger partial charge in [0.15, 0.2) is 0 Å². The van der Waals surface area contributed by atoms with Crippen LogP contribution in [0.2, 0.25) is 0 Å². The summed E-state index contributed by atoms with van der Waals surface area (Å²) < 4.78 is 5.68. The summed E-state index contributed by atoms with van der Waals surface area (Å²) in [6.45, 7) is 4.91. The fourth-order valence-electron chi connectivity index (χ4n) is 2.50. The van der Waals surface area contributed by atoms with Crippen molar-refractivity contribution in [1.82, 2.24) is 9.97 Å². The normalized spacial score (nSPS) is 17.5. The molecule has 0 atom stereocenters. The number of aromatic nitrogens is 2. The maximum Gasteiger partial charge on any atom is 0.140 e. The number of ether oxygens (including phenoxy) is 1. The highest BCUT2D eigenvalue weighted by molar-refractivity contribution is 7.16. The largest absolute Gasteiger partial charge is 0.378 e. The van der Waals surface area contributed by atoms with Crippen molar-refractivity contribution in [2.45, 2.75) is 25.9 Å². The summed E-state index contributed by atoms with van der Waals surface area (Å²) in [7, 11) is 0. The molecule has 0 amide bonds. The van der Waals surface area contributed by atoms with E-state index in [1.165, 1.54) is 5.39 Å². The first-order valence-corrected chi connectivity index (χ1v) is 7.31. The summed E-state index contributed by atoms with van der Waals surface area (Å²) >= 11 is 1.67. The van der Waals surface area contributed by atoms with E-state index in [1.807, 2.05) is 0 Å². The molecule has 0 aliphatic carbocycles. The van der Waals surface area contributed by atoms with Crippen LogP contribution in [0.4, 0.5) is 5.82 Å². The van der Waals surface area contributed by atoms with Crippen molar-refractivity contribution in [3.05, 3.63) is 17.8 Å². The molecule has 0 spiro atoms. The number of piperidine rings is 1. The summed E-state index contributed by atoms with van der Waals surface area (Å²) in [6, 6.07) is 2.12. The van der Waals surface area contributed by atoms with Crippen LogP contribution >= 0.6 is 11.3 Å². The van der Waals surface area contributed by atoms with Crippen molar-refractivity contribution in [2.24, 2.45) is 0 Å². The quantitative estimate of drug-likeness (QED) is 0.853. The molecule has 1 saturated heterocycles. The van der Waals surface area contributed by atoms with Crippen LogP contribution in [-0.2, 0) is 4.74 Å². The van der Waals surface area contributed by atoms with E-state index in [9.17, 15) is 0 Å². The lowest BCUT2D eigenvalue weighted by atomic mass is 10.1. The Morgan fingerprint density at radius 3 is 3.00 bits per heavy atom. The van der Waals surface area contributed by atoms with Gasteiger partial charge in [0.25, 0.3) is 0 Å². The molecule has 0 aromatic carbocycles. The second-order valence-electron chi connectivity index (χ2n) is 4.48. The summed E-state index contributed by atoms with van der Waals surface area (Å²) in [5.74, 6) is 1.08. The van der Waals surface area contributed by atoms with Crippen molar-refractivity contribution in [3.63, 3.8) is 0 Å². The average Bonchev–Trinajstić information content (AvgIpc) is 2.88. The molecule has 5 heteroatoms. The van der Waals surface area contributed by atoms with Crippen molar-refractivity contribution in [3.8, 4) is 0 Å². The van der Waals surface area contributed by atoms with Gasteiger partial charge in [0.2, 0.25) is 0 Å². The van der Waals surface area contributed by atoms with E-state index < -0.39 is 0 Å². The SMILES string of the molecule is CCOC1CCN(c2ncnc3sccc23)CC1. The van der Waals surface area contributed by atoms with Crippen LogP contribution in [0.1, 0.15) is 19.8 Å². The van der Waals surface area contributed by atoms with Crippen LogP contribution in [0.3, 0.4) is 0 Å². The molecule has 3 rings (SSSR count). The van der Waals surface area contributed by atoms with Gasteiger partial charge in [-0.25, -0.2) is 9.97 Å². The van der Waals surface area contributed by atoms with E-state index >= 15 is 0 Å². The van der Waals surface area contributed by atoms with Crippen LogP contribution in [0.15, 0.2) is 17.8 Å². The lowest BCUT2D eigenvalue weighted by Crippen LogP contribution is -2.37. The highest BCUT2D eigenvalue weighted by Crippen LogP contribution is 2.28. The molecule has 3 heterocycles. The Morgan fingerprint density at radius 1 is 1.39 bits per heavy atom. The van der Waals surface area contributed by atoms with Crippen molar-refractivity contribution >= 4 is 27.4 Å².